The predicted octanol–water partition coefficient (Wildman–Crippen LogP) is 3.34. The molecule has 32 heavy (non-hydrogen) atoms. The molecule has 0 aliphatic carbocycles. The van der Waals surface area contributed by atoms with Crippen molar-refractivity contribution in [1.82, 2.24) is 14.9 Å². The van der Waals surface area contributed by atoms with E-state index in [-0.39, 0.29) is 31.7 Å². The molecule has 3 aromatic rings. The third-order valence-electron chi connectivity index (χ3n) is 4.77. The Morgan fingerprint density at radius 1 is 1.09 bits per heavy atom. The molecular weight excluding hydrogens is 406 g/mol. The van der Waals surface area contributed by atoms with Gasteiger partial charge in [-0.05, 0) is 35.4 Å². The number of amides is 1. The van der Waals surface area contributed by atoms with E-state index in [1.54, 1.807) is 18.3 Å². The van der Waals surface area contributed by atoms with Crippen molar-refractivity contribution in [3.8, 4) is 28.7 Å². The van der Waals surface area contributed by atoms with E-state index in [4.69, 9.17) is 9.84 Å². The van der Waals surface area contributed by atoms with Gasteiger partial charge >= 0.3 is 6.09 Å². The second kappa shape index (κ2) is 11.1. The second-order valence-electron chi connectivity index (χ2n) is 7.46. The van der Waals surface area contributed by atoms with Gasteiger partial charge in [-0.15, -0.1) is 0 Å². The summed E-state index contributed by atoms with van der Waals surface area (Å²) >= 11 is 0. The van der Waals surface area contributed by atoms with Crippen LogP contribution >= 0.6 is 0 Å². The summed E-state index contributed by atoms with van der Waals surface area (Å²) in [5, 5.41) is 20.9. The van der Waals surface area contributed by atoms with E-state index in [1.165, 1.54) is 0 Å². The molecule has 3 rings (SSSR count). The van der Waals surface area contributed by atoms with Crippen molar-refractivity contribution in [3.05, 3.63) is 72.3 Å². The molecular formula is C25H27N3O4. The summed E-state index contributed by atoms with van der Waals surface area (Å²) < 4.78 is 7.06. The molecule has 0 radical (unpaired) electrons. The molecule has 0 aliphatic heterocycles. The Morgan fingerprint density at radius 2 is 1.75 bits per heavy atom. The van der Waals surface area contributed by atoms with E-state index >= 15 is 0 Å². The minimum atomic E-state index is -0.605. The van der Waals surface area contributed by atoms with Gasteiger partial charge in [0.05, 0.1) is 13.2 Å². The van der Waals surface area contributed by atoms with Gasteiger partial charge in [0, 0.05) is 30.4 Å². The molecule has 0 unspecified atom stereocenters. The van der Waals surface area contributed by atoms with Gasteiger partial charge in [0.15, 0.2) is 0 Å². The summed E-state index contributed by atoms with van der Waals surface area (Å²) in [5.74, 6) is 7.83. The Labute approximate surface area is 187 Å². The molecule has 0 spiro atoms. The van der Waals surface area contributed by atoms with Crippen molar-refractivity contribution in [2.75, 3.05) is 19.8 Å². The van der Waals surface area contributed by atoms with E-state index < -0.39 is 6.09 Å². The van der Waals surface area contributed by atoms with Crippen LogP contribution in [-0.2, 0) is 0 Å². The van der Waals surface area contributed by atoms with Gasteiger partial charge in [-0.25, -0.2) is 9.78 Å². The molecule has 0 bridgehead atoms. The average Bonchev–Trinajstić information content (AvgIpc) is 3.29. The van der Waals surface area contributed by atoms with Crippen LogP contribution in [0.2, 0.25) is 0 Å². The highest BCUT2D eigenvalue weighted by atomic mass is 16.6. The Balaban J connectivity index is 1.68. The molecule has 7 heteroatoms. The van der Waals surface area contributed by atoms with Gasteiger partial charge < -0.3 is 24.8 Å². The van der Waals surface area contributed by atoms with Crippen molar-refractivity contribution in [2.24, 2.45) is 0 Å². The van der Waals surface area contributed by atoms with E-state index in [0.29, 0.717) is 5.75 Å². The van der Waals surface area contributed by atoms with E-state index in [0.717, 1.165) is 22.5 Å². The third-order valence-corrected chi connectivity index (χ3v) is 4.77. The minimum Gasteiger partial charge on any atom is -0.410 e. The Bertz CT molecular complexity index is 1080. The van der Waals surface area contributed by atoms with Gasteiger partial charge in [-0.2, -0.15) is 0 Å². The number of carbonyl (C=O) groups is 1. The standard InChI is InChI=1S/C25H27N3O4/c1-18(2)24-26-13-15-28(24)22(17-30)10-5-19-3-6-20(7-4-19)21-8-11-23(12-9-21)32-25(31)27-14-16-29/h3-4,6-9,11-13,15,18,22,29-30H,14,16-17H2,1-2H3,(H,27,31)/t22-/m0/s1. The number of aliphatic hydroxyl groups excluding tert-OH is 2. The molecule has 0 saturated heterocycles. The van der Waals surface area contributed by atoms with Crippen LogP contribution < -0.4 is 10.1 Å². The fourth-order valence-electron chi connectivity index (χ4n) is 3.17. The summed E-state index contributed by atoms with van der Waals surface area (Å²) in [6, 6.07) is 14.6. The Kier molecular flexibility index (Phi) is 8.03. The van der Waals surface area contributed by atoms with Crippen LogP contribution in [0.4, 0.5) is 4.79 Å². The lowest BCUT2D eigenvalue weighted by atomic mass is 10.0. The molecule has 0 fully saturated rings. The Morgan fingerprint density at radius 3 is 2.34 bits per heavy atom. The van der Waals surface area contributed by atoms with Crippen molar-refractivity contribution >= 4 is 6.09 Å². The maximum absolute atomic E-state index is 11.5. The van der Waals surface area contributed by atoms with Gasteiger partial charge in [-0.3, -0.25) is 0 Å². The van der Waals surface area contributed by atoms with Gasteiger partial charge in [0.1, 0.15) is 17.6 Å². The number of carbonyl (C=O) groups excluding carboxylic acids is 1. The van der Waals surface area contributed by atoms with E-state index in [2.05, 4.69) is 36.0 Å². The number of hydrogen-bond acceptors (Lipinski definition) is 5. The Hall–Kier alpha value is -3.60. The summed E-state index contributed by atoms with van der Waals surface area (Å²) in [6.07, 6.45) is 2.97. The third kappa shape index (κ3) is 5.97. The van der Waals surface area contributed by atoms with E-state index in [1.807, 2.05) is 47.2 Å². The zero-order valence-electron chi connectivity index (χ0n) is 18.2. The minimum absolute atomic E-state index is 0.0897. The monoisotopic (exact) mass is 433 g/mol. The summed E-state index contributed by atoms with van der Waals surface area (Å²) in [4.78, 5) is 15.9. The SMILES string of the molecule is CC(C)c1nccn1[C@@H](C#Cc1ccc(-c2ccc(OC(=O)NCCO)cc2)cc1)CO. The highest BCUT2D eigenvalue weighted by Gasteiger charge is 2.13. The predicted molar refractivity (Wildman–Crippen MR) is 122 cm³/mol. The van der Waals surface area contributed by atoms with Crippen LogP contribution in [-0.4, -0.2) is 45.6 Å². The summed E-state index contributed by atoms with van der Waals surface area (Å²) in [7, 11) is 0. The molecule has 166 valence electrons. The van der Waals surface area contributed by atoms with Crippen LogP contribution in [0.3, 0.4) is 0 Å². The zero-order valence-corrected chi connectivity index (χ0v) is 18.2. The molecule has 1 aromatic heterocycles. The number of nitrogens with one attached hydrogen (secondary N) is 1. The topological polar surface area (TPSA) is 96.6 Å². The van der Waals surface area contributed by atoms with Crippen molar-refractivity contribution in [2.45, 2.75) is 25.8 Å². The van der Waals surface area contributed by atoms with Gasteiger partial charge in [0.2, 0.25) is 0 Å². The first kappa shape index (κ1) is 23.1. The second-order valence-corrected chi connectivity index (χ2v) is 7.46. The lowest BCUT2D eigenvalue weighted by molar-refractivity contribution is 0.195. The number of hydrogen-bond donors (Lipinski definition) is 3. The summed E-state index contributed by atoms with van der Waals surface area (Å²) in [6.45, 7) is 4.03. The molecule has 1 amide bonds. The number of benzene rings is 2. The van der Waals surface area contributed by atoms with Crippen molar-refractivity contribution in [3.63, 3.8) is 0 Å². The molecule has 7 nitrogen and oxygen atoms in total. The molecule has 1 atom stereocenters. The number of rotatable bonds is 7. The summed E-state index contributed by atoms with van der Waals surface area (Å²) in [5.41, 5.74) is 2.82. The normalized spacial score (nSPS) is 11.5. The molecule has 3 N–H and O–H groups in total. The number of imidazole rings is 1. The highest BCUT2D eigenvalue weighted by Crippen LogP contribution is 2.23. The van der Waals surface area contributed by atoms with Gasteiger partial charge in [0.25, 0.3) is 0 Å². The number of aliphatic hydroxyl groups is 2. The average molecular weight is 434 g/mol. The van der Waals surface area contributed by atoms with Crippen LogP contribution in [0.25, 0.3) is 11.1 Å². The first-order valence-corrected chi connectivity index (χ1v) is 10.4. The lowest BCUT2D eigenvalue weighted by Gasteiger charge is -2.15. The highest BCUT2D eigenvalue weighted by molar-refractivity contribution is 5.71. The first-order valence-electron chi connectivity index (χ1n) is 10.4. The molecule has 0 saturated carbocycles. The smallest absolute Gasteiger partial charge is 0.410 e. The van der Waals surface area contributed by atoms with Crippen LogP contribution in [0.5, 0.6) is 5.75 Å². The number of nitrogens with zero attached hydrogens (tertiary/aromatic N) is 2. The largest absolute Gasteiger partial charge is 0.412 e. The van der Waals surface area contributed by atoms with E-state index in [9.17, 15) is 9.90 Å². The fourth-order valence-corrected chi connectivity index (χ4v) is 3.17. The van der Waals surface area contributed by atoms with Crippen LogP contribution in [0.15, 0.2) is 60.9 Å². The maximum Gasteiger partial charge on any atom is 0.412 e. The number of aromatic nitrogens is 2. The van der Waals surface area contributed by atoms with Gasteiger partial charge in [-0.1, -0.05) is 50.0 Å². The molecule has 1 heterocycles. The lowest BCUT2D eigenvalue weighted by Crippen LogP contribution is -2.29. The molecule has 2 aromatic carbocycles. The maximum atomic E-state index is 11.5. The van der Waals surface area contributed by atoms with Crippen molar-refractivity contribution < 1.29 is 19.7 Å². The van der Waals surface area contributed by atoms with Crippen LogP contribution in [0.1, 0.15) is 37.2 Å². The van der Waals surface area contributed by atoms with Crippen LogP contribution in [0, 0.1) is 11.8 Å². The zero-order chi connectivity index (χ0) is 22.9. The molecule has 0 aliphatic rings. The fraction of sp³-hybridized carbons (Fsp3) is 0.280. The first-order chi connectivity index (χ1) is 15.5. The number of ether oxygens (including phenoxy) is 1. The quantitative estimate of drug-likeness (QED) is 0.497. The van der Waals surface area contributed by atoms with Crippen molar-refractivity contribution in [1.29, 1.82) is 0 Å².